The van der Waals surface area contributed by atoms with Gasteiger partial charge in [-0.2, -0.15) is 5.26 Å². The molecule has 0 aliphatic carbocycles. The van der Waals surface area contributed by atoms with Crippen LogP contribution in [0.4, 0.5) is 11.4 Å². The molecular formula is C14H11N3O2S. The summed E-state index contributed by atoms with van der Waals surface area (Å²) in [6.07, 6.45) is 0.953. The van der Waals surface area contributed by atoms with E-state index >= 15 is 0 Å². The number of nitrogens with zero attached hydrogens (tertiary/aromatic N) is 3. The fraction of sp³-hybridized carbons (Fsp3) is 0.214. The van der Waals surface area contributed by atoms with Crippen LogP contribution in [-0.4, -0.2) is 11.5 Å². The second kappa shape index (κ2) is 4.94. The van der Waals surface area contributed by atoms with Gasteiger partial charge >= 0.3 is 0 Å². The largest absolute Gasteiger partial charge is 0.366 e. The van der Waals surface area contributed by atoms with Crippen LogP contribution < -0.4 is 4.90 Å². The summed E-state index contributed by atoms with van der Waals surface area (Å²) in [6, 6.07) is 8.64. The smallest absolute Gasteiger partial charge is 0.270 e. The molecule has 2 aromatic rings. The average Bonchev–Trinajstić information content (AvgIpc) is 2.93. The molecule has 0 radical (unpaired) electrons. The van der Waals surface area contributed by atoms with E-state index in [4.69, 9.17) is 0 Å². The highest BCUT2D eigenvalue weighted by Gasteiger charge is 2.21. The van der Waals surface area contributed by atoms with Crippen molar-refractivity contribution in [3.8, 4) is 6.07 Å². The van der Waals surface area contributed by atoms with E-state index in [1.54, 1.807) is 17.4 Å². The lowest BCUT2D eigenvalue weighted by atomic mass is 10.1. The topological polar surface area (TPSA) is 70.2 Å². The molecule has 0 spiro atoms. The first kappa shape index (κ1) is 12.6. The summed E-state index contributed by atoms with van der Waals surface area (Å²) in [5.41, 5.74) is 2.37. The van der Waals surface area contributed by atoms with Gasteiger partial charge in [0, 0.05) is 30.1 Å². The van der Waals surface area contributed by atoms with Crippen molar-refractivity contribution in [1.82, 2.24) is 0 Å². The van der Waals surface area contributed by atoms with Gasteiger partial charge in [0.25, 0.3) is 5.69 Å². The maximum absolute atomic E-state index is 10.8. The first-order chi connectivity index (χ1) is 9.69. The van der Waals surface area contributed by atoms with E-state index in [0.717, 1.165) is 25.2 Å². The maximum atomic E-state index is 10.8. The van der Waals surface area contributed by atoms with Crippen molar-refractivity contribution < 1.29 is 4.92 Å². The van der Waals surface area contributed by atoms with Gasteiger partial charge in [-0.1, -0.05) is 0 Å². The number of nitro benzene ring substituents is 1. The van der Waals surface area contributed by atoms with Crippen LogP contribution in [0.3, 0.4) is 0 Å². The first-order valence-electron chi connectivity index (χ1n) is 6.18. The van der Waals surface area contributed by atoms with Crippen LogP contribution in [0.5, 0.6) is 0 Å². The second-order valence-corrected chi connectivity index (χ2v) is 5.61. The molecule has 100 valence electrons. The van der Waals surface area contributed by atoms with Crippen molar-refractivity contribution in [1.29, 1.82) is 5.26 Å². The van der Waals surface area contributed by atoms with Crippen LogP contribution in [0.2, 0.25) is 0 Å². The Morgan fingerprint density at radius 3 is 3.00 bits per heavy atom. The Balaban J connectivity index is 1.95. The minimum atomic E-state index is -0.474. The minimum absolute atomic E-state index is 0.0430. The molecule has 0 unspecified atom stereocenters. The Morgan fingerprint density at radius 1 is 1.40 bits per heavy atom. The zero-order valence-corrected chi connectivity index (χ0v) is 11.4. The average molecular weight is 285 g/mol. The van der Waals surface area contributed by atoms with Crippen LogP contribution in [0.1, 0.15) is 16.0 Å². The Kier molecular flexibility index (Phi) is 3.12. The Hall–Kier alpha value is -2.39. The van der Waals surface area contributed by atoms with Crippen LogP contribution in [0, 0.1) is 21.4 Å². The number of rotatable bonds is 2. The normalized spacial score (nSPS) is 13.7. The number of nitriles is 1. The molecule has 0 fully saturated rings. The third-order valence-electron chi connectivity index (χ3n) is 3.46. The third-order valence-corrected chi connectivity index (χ3v) is 4.48. The summed E-state index contributed by atoms with van der Waals surface area (Å²) < 4.78 is 0. The monoisotopic (exact) mass is 285 g/mol. The number of thiophene rings is 1. The van der Waals surface area contributed by atoms with Gasteiger partial charge < -0.3 is 4.90 Å². The van der Waals surface area contributed by atoms with Crippen molar-refractivity contribution in [3.05, 3.63) is 55.8 Å². The first-order valence-corrected chi connectivity index (χ1v) is 7.06. The lowest BCUT2D eigenvalue weighted by molar-refractivity contribution is -0.384. The molecule has 0 N–H and O–H groups in total. The van der Waals surface area contributed by atoms with Crippen LogP contribution in [0.25, 0.3) is 0 Å². The molecule has 0 saturated carbocycles. The zero-order chi connectivity index (χ0) is 14.1. The van der Waals surface area contributed by atoms with E-state index in [9.17, 15) is 15.4 Å². The number of benzene rings is 1. The predicted octanol–water partition coefficient (Wildman–Crippen LogP) is 3.09. The number of hydrogen-bond donors (Lipinski definition) is 0. The van der Waals surface area contributed by atoms with E-state index in [1.165, 1.54) is 22.6 Å². The molecule has 3 rings (SSSR count). The molecule has 0 saturated heterocycles. The molecule has 0 atom stereocenters. The van der Waals surface area contributed by atoms with E-state index in [0.29, 0.717) is 5.56 Å². The van der Waals surface area contributed by atoms with Crippen molar-refractivity contribution in [2.75, 3.05) is 11.4 Å². The molecular weight excluding hydrogens is 274 g/mol. The van der Waals surface area contributed by atoms with Crippen LogP contribution >= 0.6 is 11.3 Å². The number of hydrogen-bond acceptors (Lipinski definition) is 5. The lowest BCUT2D eigenvalue weighted by Crippen LogP contribution is -2.29. The van der Waals surface area contributed by atoms with Gasteiger partial charge in [-0.15, -0.1) is 11.3 Å². The van der Waals surface area contributed by atoms with Crippen LogP contribution in [-0.2, 0) is 13.0 Å². The van der Waals surface area contributed by atoms with Crippen molar-refractivity contribution >= 4 is 22.7 Å². The summed E-state index contributed by atoms with van der Waals surface area (Å²) in [4.78, 5) is 13.8. The highest BCUT2D eigenvalue weighted by atomic mass is 32.1. The Bertz CT molecular complexity index is 717. The van der Waals surface area contributed by atoms with E-state index in [1.807, 2.05) is 0 Å². The molecule has 1 aliphatic rings. The molecule has 0 amide bonds. The molecule has 1 aromatic heterocycles. The maximum Gasteiger partial charge on any atom is 0.270 e. The second-order valence-electron chi connectivity index (χ2n) is 4.61. The number of non-ortho nitro benzene ring substituents is 1. The quantitative estimate of drug-likeness (QED) is 0.628. The molecule has 6 heteroatoms. The molecule has 20 heavy (non-hydrogen) atoms. The summed E-state index contributed by atoms with van der Waals surface area (Å²) in [5.74, 6) is 0. The fourth-order valence-corrected chi connectivity index (χ4v) is 3.35. The summed E-state index contributed by atoms with van der Waals surface area (Å²) in [6.45, 7) is 1.59. The predicted molar refractivity (Wildman–Crippen MR) is 76.9 cm³/mol. The highest BCUT2D eigenvalue weighted by Crippen LogP contribution is 2.31. The molecule has 5 nitrogen and oxygen atoms in total. The molecule has 2 heterocycles. The molecule has 1 aromatic carbocycles. The van der Waals surface area contributed by atoms with Crippen molar-refractivity contribution in [2.24, 2.45) is 0 Å². The van der Waals surface area contributed by atoms with Gasteiger partial charge in [0.2, 0.25) is 0 Å². The van der Waals surface area contributed by atoms with E-state index in [-0.39, 0.29) is 5.69 Å². The summed E-state index contributed by atoms with van der Waals surface area (Å²) >= 11 is 1.76. The lowest BCUT2D eigenvalue weighted by Gasteiger charge is -2.29. The van der Waals surface area contributed by atoms with Gasteiger partial charge in [0.1, 0.15) is 6.07 Å². The zero-order valence-electron chi connectivity index (χ0n) is 10.6. The third kappa shape index (κ3) is 2.12. The minimum Gasteiger partial charge on any atom is -0.366 e. The SMILES string of the molecule is N#Cc1cc([N+](=O)[O-])ccc1N1CCc2sccc2C1. The summed E-state index contributed by atoms with van der Waals surface area (Å²) in [7, 11) is 0. The fourth-order valence-electron chi connectivity index (χ4n) is 2.46. The van der Waals surface area contributed by atoms with Gasteiger partial charge in [-0.25, -0.2) is 0 Å². The van der Waals surface area contributed by atoms with Crippen molar-refractivity contribution in [3.63, 3.8) is 0 Å². The van der Waals surface area contributed by atoms with E-state index in [2.05, 4.69) is 22.4 Å². The standard InChI is InChI=1S/C14H11N3O2S/c15-8-11-7-12(17(18)19)1-2-13(11)16-5-3-14-10(9-16)4-6-20-14/h1-2,4,6-7H,3,5,9H2. The van der Waals surface area contributed by atoms with Crippen molar-refractivity contribution in [2.45, 2.75) is 13.0 Å². The van der Waals surface area contributed by atoms with Gasteiger partial charge in [0.15, 0.2) is 0 Å². The number of fused-ring (bicyclic) bond motifs is 1. The molecule has 0 bridgehead atoms. The summed E-state index contributed by atoms with van der Waals surface area (Å²) in [5, 5.41) is 22.1. The molecule has 1 aliphatic heterocycles. The van der Waals surface area contributed by atoms with Gasteiger partial charge in [0.05, 0.1) is 16.2 Å². The number of anilines is 1. The Morgan fingerprint density at radius 2 is 2.25 bits per heavy atom. The van der Waals surface area contributed by atoms with Gasteiger partial charge in [-0.3, -0.25) is 10.1 Å². The van der Waals surface area contributed by atoms with E-state index < -0.39 is 4.92 Å². The highest BCUT2D eigenvalue weighted by molar-refractivity contribution is 7.10. The number of nitro groups is 1. The van der Waals surface area contributed by atoms with Crippen LogP contribution in [0.15, 0.2) is 29.6 Å². The van der Waals surface area contributed by atoms with Gasteiger partial charge in [-0.05, 0) is 29.5 Å². The Labute approximate surface area is 119 Å².